The van der Waals surface area contributed by atoms with E-state index in [1.807, 2.05) is 12.1 Å². The van der Waals surface area contributed by atoms with Crippen LogP contribution >= 0.6 is 11.3 Å². The maximum absolute atomic E-state index is 14.5. The number of ether oxygens (including phenoxy) is 3. The largest absolute Gasteiger partial charge is 0.496 e. The molecule has 46 heavy (non-hydrogen) atoms. The van der Waals surface area contributed by atoms with Gasteiger partial charge < -0.3 is 14.2 Å². The summed E-state index contributed by atoms with van der Waals surface area (Å²) in [6, 6.07) is 14.9. The van der Waals surface area contributed by atoms with Gasteiger partial charge in [0.25, 0.3) is 5.56 Å². The molecular formula is C32H31FN6O6S. The number of hydrogen-bond donors (Lipinski definition) is 0. The minimum atomic E-state index is -1.74. The Bertz CT molecular complexity index is 2030. The number of halogens is 1. The van der Waals surface area contributed by atoms with Crippen LogP contribution in [-0.2, 0) is 33.0 Å². The minimum absolute atomic E-state index is 0.0262. The number of nitriles is 1. The van der Waals surface area contributed by atoms with Gasteiger partial charge in [0, 0.05) is 11.1 Å². The molecule has 0 amide bonds. The second-order valence-corrected chi connectivity index (χ2v) is 11.8. The highest BCUT2D eigenvalue weighted by molar-refractivity contribution is 7.21. The first kappa shape index (κ1) is 32.3. The molecule has 3 aromatic heterocycles. The SMILES string of the molecule is COc1ccc(F)cc1[C@H](Cn1c(=O)n(C(C)(C)C(=O)OCc2ccccc2)c(=O)c2c(C)c(-n3nccn3)sc21)OCCC#N. The highest BCUT2D eigenvalue weighted by Gasteiger charge is 2.37. The fraction of sp³-hybridized carbons (Fsp3) is 0.312. The van der Waals surface area contributed by atoms with E-state index in [0.717, 1.165) is 21.5 Å². The van der Waals surface area contributed by atoms with Gasteiger partial charge in [-0.3, -0.25) is 9.36 Å². The molecule has 3 heterocycles. The highest BCUT2D eigenvalue weighted by atomic mass is 32.1. The van der Waals surface area contributed by atoms with Gasteiger partial charge in [0.15, 0.2) is 0 Å². The summed E-state index contributed by atoms with van der Waals surface area (Å²) in [5.41, 5.74) is -1.74. The zero-order chi connectivity index (χ0) is 33.0. The average Bonchev–Trinajstić information content (AvgIpc) is 3.69. The van der Waals surface area contributed by atoms with Crippen molar-refractivity contribution < 1.29 is 23.4 Å². The van der Waals surface area contributed by atoms with Crippen molar-refractivity contribution in [3.63, 3.8) is 0 Å². The van der Waals surface area contributed by atoms with Crippen molar-refractivity contribution in [2.45, 2.75) is 52.0 Å². The van der Waals surface area contributed by atoms with E-state index in [1.54, 1.807) is 31.2 Å². The Morgan fingerprint density at radius 1 is 1.13 bits per heavy atom. The number of rotatable bonds is 12. The summed E-state index contributed by atoms with van der Waals surface area (Å²) in [6.45, 7) is 4.27. The van der Waals surface area contributed by atoms with E-state index in [-0.39, 0.29) is 36.4 Å². The quantitative estimate of drug-likeness (QED) is 0.142. The Labute approximate surface area is 266 Å². The Morgan fingerprint density at radius 2 is 1.85 bits per heavy atom. The van der Waals surface area contributed by atoms with E-state index < -0.39 is 34.7 Å². The number of carbonyl (C=O) groups excluding carboxylic acids is 1. The van der Waals surface area contributed by atoms with Gasteiger partial charge in [0.1, 0.15) is 39.6 Å². The number of esters is 1. The van der Waals surface area contributed by atoms with Gasteiger partial charge in [0.2, 0.25) is 0 Å². The van der Waals surface area contributed by atoms with Crippen LogP contribution in [0.25, 0.3) is 15.2 Å². The first-order valence-corrected chi connectivity index (χ1v) is 15.1. The zero-order valence-corrected chi connectivity index (χ0v) is 26.4. The Hall–Kier alpha value is -5.13. The van der Waals surface area contributed by atoms with Crippen LogP contribution in [-0.4, -0.2) is 43.8 Å². The van der Waals surface area contributed by atoms with Crippen LogP contribution in [0.5, 0.6) is 5.75 Å². The van der Waals surface area contributed by atoms with Gasteiger partial charge in [-0.1, -0.05) is 41.7 Å². The standard InChI is InChI=1S/C32H31FN6O6S/c1-20-26-27(40)38(32(2,3)30(41)45-19-21-9-6-5-7-10-21)31(42)37(29(26)46-28(20)39-35-14-15-36-39)18-25(44-16-8-13-34)23-17-22(33)11-12-24(23)43-4/h5-7,9-12,14-15,17,25H,8,16,18-19H2,1-4H3/t25-/m0/s1. The van der Waals surface area contributed by atoms with Crippen LogP contribution < -0.4 is 16.0 Å². The maximum atomic E-state index is 14.5. The number of nitrogens with zero attached hydrogens (tertiary/aromatic N) is 6. The maximum Gasteiger partial charge on any atom is 0.333 e. The number of hydrogen-bond acceptors (Lipinski definition) is 10. The molecule has 0 spiro atoms. The Kier molecular flexibility index (Phi) is 9.45. The molecule has 0 aliphatic carbocycles. The summed E-state index contributed by atoms with van der Waals surface area (Å²) in [5.74, 6) is -1.06. The molecule has 0 fully saturated rings. The number of aryl methyl sites for hydroxylation is 1. The van der Waals surface area contributed by atoms with Crippen molar-refractivity contribution in [3.05, 3.63) is 104 Å². The third-order valence-corrected chi connectivity index (χ3v) is 8.76. The molecule has 0 aliphatic rings. The summed E-state index contributed by atoms with van der Waals surface area (Å²) in [5, 5.41) is 18.2. The smallest absolute Gasteiger partial charge is 0.333 e. The normalized spacial score (nSPS) is 12.2. The molecule has 12 nitrogen and oxygen atoms in total. The predicted octanol–water partition coefficient (Wildman–Crippen LogP) is 4.41. The first-order valence-electron chi connectivity index (χ1n) is 14.3. The molecule has 5 aromatic rings. The number of benzene rings is 2. The molecule has 0 aliphatic heterocycles. The van der Waals surface area contributed by atoms with Crippen LogP contribution in [0.15, 0.2) is 70.5 Å². The molecule has 0 bridgehead atoms. The Balaban J connectivity index is 1.70. The fourth-order valence-electron chi connectivity index (χ4n) is 5.10. The third-order valence-electron chi connectivity index (χ3n) is 7.48. The van der Waals surface area contributed by atoms with E-state index >= 15 is 0 Å². The van der Waals surface area contributed by atoms with Gasteiger partial charge in [-0.15, -0.1) is 4.80 Å². The topological polar surface area (TPSA) is 143 Å². The molecular weight excluding hydrogens is 615 g/mol. The second-order valence-electron chi connectivity index (χ2n) is 10.8. The van der Waals surface area contributed by atoms with E-state index in [1.165, 1.54) is 60.9 Å². The van der Waals surface area contributed by atoms with Crippen molar-refractivity contribution in [1.82, 2.24) is 24.1 Å². The van der Waals surface area contributed by atoms with Gasteiger partial charge in [-0.25, -0.2) is 18.5 Å². The summed E-state index contributed by atoms with van der Waals surface area (Å²) >= 11 is 1.11. The van der Waals surface area contributed by atoms with Crippen LogP contribution in [0.2, 0.25) is 0 Å². The van der Waals surface area contributed by atoms with Crippen molar-refractivity contribution in [2.24, 2.45) is 0 Å². The molecule has 0 saturated carbocycles. The Morgan fingerprint density at radius 3 is 2.52 bits per heavy atom. The zero-order valence-electron chi connectivity index (χ0n) is 25.6. The van der Waals surface area contributed by atoms with Crippen LogP contribution in [0, 0.1) is 24.1 Å². The molecule has 1 atom stereocenters. The molecule has 0 radical (unpaired) electrons. The number of thiophene rings is 1. The molecule has 0 unspecified atom stereocenters. The summed E-state index contributed by atoms with van der Waals surface area (Å²) in [6.07, 6.45) is 2.01. The number of carbonyl (C=O) groups is 1. The van der Waals surface area contributed by atoms with Crippen LogP contribution in [0.4, 0.5) is 4.39 Å². The van der Waals surface area contributed by atoms with Crippen LogP contribution in [0.1, 0.15) is 43.1 Å². The summed E-state index contributed by atoms with van der Waals surface area (Å²) in [7, 11) is 1.42. The summed E-state index contributed by atoms with van der Waals surface area (Å²) < 4.78 is 33.8. The molecule has 14 heteroatoms. The predicted molar refractivity (Wildman–Crippen MR) is 167 cm³/mol. The lowest BCUT2D eigenvalue weighted by Gasteiger charge is -2.27. The monoisotopic (exact) mass is 646 g/mol. The number of methoxy groups -OCH3 is 1. The highest BCUT2D eigenvalue weighted by Crippen LogP contribution is 2.34. The lowest BCUT2D eigenvalue weighted by atomic mass is 10.0. The van der Waals surface area contributed by atoms with E-state index in [4.69, 9.17) is 19.5 Å². The molecule has 0 N–H and O–H groups in total. The molecule has 2 aromatic carbocycles. The van der Waals surface area contributed by atoms with Crippen LogP contribution in [0.3, 0.4) is 0 Å². The molecule has 238 valence electrons. The fourth-order valence-corrected chi connectivity index (χ4v) is 6.32. The van der Waals surface area contributed by atoms with Gasteiger partial charge in [-0.05, 0) is 44.5 Å². The first-order chi connectivity index (χ1) is 22.1. The van der Waals surface area contributed by atoms with Crippen molar-refractivity contribution in [1.29, 1.82) is 5.26 Å². The van der Waals surface area contributed by atoms with E-state index in [9.17, 15) is 18.8 Å². The number of aromatic nitrogens is 5. The lowest BCUT2D eigenvalue weighted by molar-refractivity contribution is -0.154. The minimum Gasteiger partial charge on any atom is -0.496 e. The average molecular weight is 647 g/mol. The van der Waals surface area contributed by atoms with Crippen molar-refractivity contribution in [2.75, 3.05) is 13.7 Å². The number of fused-ring (bicyclic) bond motifs is 1. The van der Waals surface area contributed by atoms with Crippen molar-refractivity contribution in [3.8, 4) is 16.8 Å². The van der Waals surface area contributed by atoms with Gasteiger partial charge >= 0.3 is 11.7 Å². The molecule has 5 rings (SSSR count). The van der Waals surface area contributed by atoms with Gasteiger partial charge in [-0.2, -0.15) is 15.5 Å². The summed E-state index contributed by atoms with van der Waals surface area (Å²) in [4.78, 5) is 43.8. The van der Waals surface area contributed by atoms with E-state index in [0.29, 0.717) is 21.9 Å². The molecule has 0 saturated heterocycles. The second kappa shape index (κ2) is 13.5. The van der Waals surface area contributed by atoms with Crippen molar-refractivity contribution >= 4 is 27.5 Å². The van der Waals surface area contributed by atoms with E-state index in [2.05, 4.69) is 10.2 Å². The third kappa shape index (κ3) is 6.19. The lowest BCUT2D eigenvalue weighted by Crippen LogP contribution is -2.53. The van der Waals surface area contributed by atoms with Gasteiger partial charge in [0.05, 0.1) is 50.5 Å².